The summed E-state index contributed by atoms with van der Waals surface area (Å²) in [5.41, 5.74) is -2.55. The summed E-state index contributed by atoms with van der Waals surface area (Å²) in [6, 6.07) is 13.7. The van der Waals surface area contributed by atoms with Crippen molar-refractivity contribution in [1.29, 1.82) is 0 Å². The van der Waals surface area contributed by atoms with Crippen LogP contribution in [0.2, 0.25) is 0 Å². The molecular weight excluding hydrogens is 510 g/mol. The number of alkyl halides is 6. The van der Waals surface area contributed by atoms with Gasteiger partial charge in [0.05, 0.1) is 21.2 Å². The zero-order chi connectivity index (χ0) is 26.5. The first-order valence-corrected chi connectivity index (χ1v) is 12.0. The zero-order valence-electron chi connectivity index (χ0n) is 18.7. The van der Waals surface area contributed by atoms with Gasteiger partial charge in [-0.15, -0.1) is 0 Å². The Morgan fingerprint density at radius 2 is 1.47 bits per heavy atom. The fourth-order valence-corrected chi connectivity index (χ4v) is 4.66. The summed E-state index contributed by atoms with van der Waals surface area (Å²) in [4.78, 5) is 3.34. The van der Waals surface area contributed by atoms with Gasteiger partial charge in [0, 0.05) is 5.69 Å². The molecule has 4 rings (SSSR count). The van der Waals surface area contributed by atoms with Crippen molar-refractivity contribution in [3.05, 3.63) is 78.1 Å². The van der Waals surface area contributed by atoms with E-state index in [1.54, 1.807) is 0 Å². The van der Waals surface area contributed by atoms with Gasteiger partial charge in [-0.1, -0.05) is 12.1 Å². The molecule has 4 aromatic rings. The second-order valence-corrected chi connectivity index (χ2v) is 10.6. The predicted molar refractivity (Wildman–Crippen MR) is 120 cm³/mol. The Hall–Kier alpha value is -3.54. The van der Waals surface area contributed by atoms with E-state index in [4.69, 9.17) is 4.74 Å². The fraction of sp³-hybridized carbons (Fsp3) is 0.208. The van der Waals surface area contributed by atoms with Crippen LogP contribution in [0.4, 0.5) is 26.3 Å². The minimum absolute atomic E-state index is 0.0480. The summed E-state index contributed by atoms with van der Waals surface area (Å²) in [5, 5.41) is -0.655. The zero-order valence-corrected chi connectivity index (χ0v) is 19.5. The molecule has 5 nitrogen and oxygen atoms in total. The molecule has 0 aliphatic rings. The summed E-state index contributed by atoms with van der Waals surface area (Å²) in [6.45, 7) is 3.07. The van der Waals surface area contributed by atoms with Gasteiger partial charge in [-0.05, 0) is 68.4 Å². The van der Waals surface area contributed by atoms with Crippen molar-refractivity contribution >= 4 is 20.9 Å². The Morgan fingerprint density at radius 3 is 2.06 bits per heavy atom. The lowest BCUT2D eigenvalue weighted by atomic mass is 10.1. The maximum atomic E-state index is 13.7. The molecule has 0 saturated carbocycles. The van der Waals surface area contributed by atoms with Crippen LogP contribution in [-0.2, 0) is 22.2 Å². The number of sulfone groups is 1. The van der Waals surface area contributed by atoms with E-state index in [0.29, 0.717) is 10.6 Å². The number of nitrogens with zero attached hydrogens (tertiary/aromatic N) is 2. The molecule has 12 heteroatoms. The van der Waals surface area contributed by atoms with Crippen LogP contribution in [0.3, 0.4) is 0 Å². The van der Waals surface area contributed by atoms with Crippen molar-refractivity contribution in [2.45, 2.75) is 36.3 Å². The number of para-hydroxylation sites is 1. The highest BCUT2D eigenvalue weighted by Gasteiger charge is 2.41. The van der Waals surface area contributed by atoms with Crippen LogP contribution in [0, 0.1) is 0 Å². The number of hydrogen-bond acceptors (Lipinski definition) is 4. The molecule has 0 bridgehead atoms. The molecule has 1 heterocycles. The van der Waals surface area contributed by atoms with Gasteiger partial charge < -0.3 is 4.74 Å². The number of imidazole rings is 1. The Kier molecular flexibility index (Phi) is 6.27. The highest BCUT2D eigenvalue weighted by Crippen LogP contribution is 2.39. The van der Waals surface area contributed by atoms with Crippen LogP contribution >= 0.6 is 0 Å². The van der Waals surface area contributed by atoms with Gasteiger partial charge >= 0.3 is 12.4 Å². The number of rotatable bonds is 5. The molecule has 0 aliphatic heterocycles. The second-order valence-electron chi connectivity index (χ2n) is 8.10. The molecule has 0 aliphatic carbocycles. The molecule has 1 aromatic heterocycles. The number of hydrogen-bond donors (Lipinski definition) is 0. The molecule has 0 atom stereocenters. The predicted octanol–water partition coefficient (Wildman–Crippen LogP) is 7.04. The van der Waals surface area contributed by atoms with Crippen LogP contribution in [0.15, 0.2) is 71.6 Å². The van der Waals surface area contributed by atoms with Crippen LogP contribution in [0.25, 0.3) is 16.7 Å². The summed E-state index contributed by atoms with van der Waals surface area (Å²) >= 11 is 0. The van der Waals surface area contributed by atoms with Crippen molar-refractivity contribution in [2.24, 2.45) is 0 Å². The van der Waals surface area contributed by atoms with Crippen LogP contribution in [-0.4, -0.2) is 23.2 Å². The van der Waals surface area contributed by atoms with Gasteiger partial charge in [-0.25, -0.2) is 13.4 Å². The first kappa shape index (κ1) is 25.5. The third kappa shape index (κ3) is 4.77. The van der Waals surface area contributed by atoms with E-state index < -0.39 is 44.3 Å². The monoisotopic (exact) mass is 528 g/mol. The minimum atomic E-state index is -5.03. The van der Waals surface area contributed by atoms with Crippen molar-refractivity contribution in [3.63, 3.8) is 0 Å². The van der Waals surface area contributed by atoms with E-state index >= 15 is 0 Å². The highest BCUT2D eigenvalue weighted by atomic mass is 32.2. The quantitative estimate of drug-likeness (QED) is 0.261. The lowest BCUT2D eigenvalue weighted by molar-refractivity contribution is -0.146. The van der Waals surface area contributed by atoms with Gasteiger partial charge in [-0.3, -0.25) is 4.57 Å². The lowest BCUT2D eigenvalue weighted by Gasteiger charge is -2.13. The Labute approximate surface area is 201 Å². The third-order valence-corrected chi connectivity index (χ3v) is 7.48. The van der Waals surface area contributed by atoms with E-state index in [0.717, 1.165) is 12.1 Å². The average molecular weight is 528 g/mol. The van der Waals surface area contributed by atoms with E-state index in [2.05, 4.69) is 4.98 Å². The van der Waals surface area contributed by atoms with E-state index in [-0.39, 0.29) is 27.6 Å². The van der Waals surface area contributed by atoms with Gasteiger partial charge in [-0.2, -0.15) is 26.3 Å². The Balaban J connectivity index is 1.74. The molecule has 3 aromatic carbocycles. The van der Waals surface area contributed by atoms with Crippen molar-refractivity contribution in [1.82, 2.24) is 9.55 Å². The maximum Gasteiger partial charge on any atom is 0.450 e. The standard InChI is InChI=1S/C24H18F6N2O3S/c1-14(2)36(33,34)18-6-3-5-17(13-18)35-16-11-9-15(10-12-16)32-20-8-4-7-19(23(25,26)27)21(20)31-22(32)24(28,29)30/h3-14H,1-2H3. The van der Waals surface area contributed by atoms with E-state index in [1.807, 2.05) is 0 Å². The van der Waals surface area contributed by atoms with Crippen LogP contribution < -0.4 is 4.74 Å². The molecule has 0 amide bonds. The topological polar surface area (TPSA) is 61.2 Å². The van der Waals surface area contributed by atoms with E-state index in [9.17, 15) is 34.8 Å². The van der Waals surface area contributed by atoms with Crippen molar-refractivity contribution in [3.8, 4) is 17.2 Å². The smallest absolute Gasteiger partial charge is 0.450 e. The molecule has 0 unspecified atom stereocenters. The number of fused-ring (bicyclic) bond motifs is 1. The normalized spacial score (nSPS) is 12.9. The molecule has 36 heavy (non-hydrogen) atoms. The third-order valence-electron chi connectivity index (χ3n) is 5.33. The first-order valence-electron chi connectivity index (χ1n) is 10.5. The molecule has 190 valence electrons. The second kappa shape index (κ2) is 8.84. The maximum absolute atomic E-state index is 13.7. The highest BCUT2D eigenvalue weighted by molar-refractivity contribution is 7.92. The van der Waals surface area contributed by atoms with Crippen LogP contribution in [0.5, 0.6) is 11.5 Å². The summed E-state index contributed by atoms with van der Waals surface area (Å²) in [7, 11) is -3.56. The van der Waals surface area contributed by atoms with Gasteiger partial charge in [0.1, 0.15) is 17.0 Å². The fourth-order valence-electron chi connectivity index (χ4n) is 3.57. The SMILES string of the molecule is CC(C)S(=O)(=O)c1cccc(Oc2ccc(-n3c(C(F)(F)F)nc4c(C(F)(F)F)cccc43)cc2)c1. The average Bonchev–Trinajstić information content (AvgIpc) is 3.19. The van der Waals surface area contributed by atoms with Gasteiger partial charge in [0.25, 0.3) is 0 Å². The number of halogens is 6. The van der Waals surface area contributed by atoms with E-state index in [1.165, 1.54) is 62.4 Å². The molecule has 0 fully saturated rings. The molecule has 0 saturated heterocycles. The Morgan fingerprint density at radius 1 is 0.833 bits per heavy atom. The summed E-state index contributed by atoms with van der Waals surface area (Å²) < 4.78 is 112. The van der Waals surface area contributed by atoms with Gasteiger partial charge in [0.15, 0.2) is 9.84 Å². The molecule has 0 spiro atoms. The summed E-state index contributed by atoms with van der Waals surface area (Å²) in [6.07, 6.45) is -9.92. The number of benzene rings is 3. The van der Waals surface area contributed by atoms with Crippen molar-refractivity contribution < 1.29 is 39.5 Å². The first-order chi connectivity index (χ1) is 16.7. The molecule has 0 radical (unpaired) electrons. The van der Waals surface area contributed by atoms with Gasteiger partial charge in [0.2, 0.25) is 5.82 Å². The molecule has 0 N–H and O–H groups in total. The van der Waals surface area contributed by atoms with Crippen LogP contribution in [0.1, 0.15) is 25.2 Å². The Bertz CT molecular complexity index is 1520. The number of ether oxygens (including phenoxy) is 1. The van der Waals surface area contributed by atoms with Crippen molar-refractivity contribution in [2.75, 3.05) is 0 Å². The largest absolute Gasteiger partial charge is 0.457 e. The minimum Gasteiger partial charge on any atom is -0.457 e. The summed E-state index contributed by atoms with van der Waals surface area (Å²) in [5.74, 6) is -1.15. The molecular formula is C24H18F6N2O3S. The lowest BCUT2D eigenvalue weighted by Crippen LogP contribution is -2.14. The number of aromatic nitrogens is 2.